The van der Waals surface area contributed by atoms with Crippen LogP contribution in [0.4, 0.5) is 5.95 Å². The van der Waals surface area contributed by atoms with E-state index in [1.165, 1.54) is 0 Å². The smallest absolute Gasteiger partial charge is 0.264 e. The fourth-order valence-corrected chi connectivity index (χ4v) is 2.78. The van der Waals surface area contributed by atoms with Gasteiger partial charge in [-0.15, -0.1) is 0 Å². The largest absolute Gasteiger partial charge is 0.493 e. The number of nitrogens with zero attached hydrogens (tertiary/aromatic N) is 2. The predicted octanol–water partition coefficient (Wildman–Crippen LogP) is 1.31. The molecule has 7 heteroatoms. The maximum Gasteiger partial charge on any atom is 0.264 e. The van der Waals surface area contributed by atoms with Crippen molar-refractivity contribution in [3.8, 4) is 17.0 Å². The molecular formula is C14H15BrN4O2. The quantitative estimate of drug-likeness (QED) is 0.760. The lowest BCUT2D eigenvalue weighted by Crippen LogP contribution is -2.44. The highest BCUT2D eigenvalue weighted by Gasteiger charge is 2.18. The molecule has 0 amide bonds. The van der Waals surface area contributed by atoms with Gasteiger partial charge in [0.05, 0.1) is 0 Å². The lowest BCUT2D eigenvalue weighted by atomic mass is 10.1. The summed E-state index contributed by atoms with van der Waals surface area (Å²) in [5, 5.41) is 13.4. The van der Waals surface area contributed by atoms with Crippen molar-refractivity contribution in [3.05, 3.63) is 39.1 Å². The molecule has 2 heterocycles. The minimum absolute atomic E-state index is 0.190. The minimum atomic E-state index is -0.339. The number of halogens is 1. The first-order valence-electron chi connectivity index (χ1n) is 6.70. The average Bonchev–Trinajstić information content (AvgIpc) is 2.47. The molecule has 0 spiro atoms. The summed E-state index contributed by atoms with van der Waals surface area (Å²) in [6.45, 7) is 3.16. The number of nitrogens with one attached hydrogen (secondary N) is 2. The Kier molecular flexibility index (Phi) is 3.94. The summed E-state index contributed by atoms with van der Waals surface area (Å²) in [6, 6.07) is 7.21. The summed E-state index contributed by atoms with van der Waals surface area (Å²) >= 11 is 3.36. The summed E-state index contributed by atoms with van der Waals surface area (Å²) in [5.41, 5.74) is 0.479. The van der Waals surface area contributed by atoms with Gasteiger partial charge in [0.1, 0.15) is 5.56 Å². The third kappa shape index (κ3) is 2.93. The number of aromatic hydroxyl groups is 1. The van der Waals surface area contributed by atoms with E-state index in [-0.39, 0.29) is 17.0 Å². The molecule has 2 aromatic rings. The first kappa shape index (κ1) is 14.1. The van der Waals surface area contributed by atoms with Crippen LogP contribution in [0.5, 0.6) is 5.88 Å². The Morgan fingerprint density at radius 1 is 1.29 bits per heavy atom. The summed E-state index contributed by atoms with van der Waals surface area (Å²) < 4.78 is 0.838. The highest BCUT2D eigenvalue weighted by atomic mass is 79.9. The molecule has 110 valence electrons. The van der Waals surface area contributed by atoms with Gasteiger partial charge in [0.25, 0.3) is 5.56 Å². The molecule has 6 nitrogen and oxygen atoms in total. The van der Waals surface area contributed by atoms with Gasteiger partial charge in [-0.1, -0.05) is 28.1 Å². The topological polar surface area (TPSA) is 81.2 Å². The molecule has 0 radical (unpaired) electrons. The van der Waals surface area contributed by atoms with Gasteiger partial charge in [0.15, 0.2) is 0 Å². The third-order valence-corrected chi connectivity index (χ3v) is 3.91. The molecule has 3 rings (SSSR count). The van der Waals surface area contributed by atoms with Gasteiger partial charge in [0, 0.05) is 30.7 Å². The van der Waals surface area contributed by atoms with Crippen molar-refractivity contribution in [2.24, 2.45) is 0 Å². The molecule has 0 bridgehead atoms. The zero-order chi connectivity index (χ0) is 14.8. The first-order chi connectivity index (χ1) is 10.1. The predicted molar refractivity (Wildman–Crippen MR) is 84.7 cm³/mol. The third-order valence-electron chi connectivity index (χ3n) is 3.42. The number of anilines is 1. The van der Waals surface area contributed by atoms with E-state index >= 15 is 0 Å². The first-order valence-corrected chi connectivity index (χ1v) is 7.49. The SMILES string of the molecule is O=c1[nH]c(N2CCNCC2)nc(O)c1-c1cccc(Br)c1. The van der Waals surface area contributed by atoms with Crippen molar-refractivity contribution in [2.45, 2.75) is 0 Å². The Labute approximate surface area is 130 Å². The van der Waals surface area contributed by atoms with E-state index in [0.29, 0.717) is 11.5 Å². The lowest BCUT2D eigenvalue weighted by Gasteiger charge is -2.27. The highest BCUT2D eigenvalue weighted by Crippen LogP contribution is 2.27. The Morgan fingerprint density at radius 2 is 2.05 bits per heavy atom. The van der Waals surface area contributed by atoms with Gasteiger partial charge < -0.3 is 15.3 Å². The standard InChI is InChI=1S/C14H15BrN4O2/c15-10-3-1-2-9(8-10)11-12(20)17-14(18-13(11)21)19-6-4-16-5-7-19/h1-3,8,16H,4-7H2,(H2,17,18,20,21). The van der Waals surface area contributed by atoms with Crippen molar-refractivity contribution in [1.29, 1.82) is 0 Å². The fraction of sp³-hybridized carbons (Fsp3) is 0.286. The molecule has 1 aliphatic rings. The van der Waals surface area contributed by atoms with E-state index in [2.05, 4.69) is 31.2 Å². The van der Waals surface area contributed by atoms with Crippen LogP contribution in [0.25, 0.3) is 11.1 Å². The van der Waals surface area contributed by atoms with Crippen LogP contribution in [0.1, 0.15) is 0 Å². The van der Waals surface area contributed by atoms with Gasteiger partial charge in [-0.2, -0.15) is 4.98 Å². The molecule has 3 N–H and O–H groups in total. The Morgan fingerprint density at radius 3 is 2.71 bits per heavy atom. The minimum Gasteiger partial charge on any atom is -0.493 e. The Hall–Kier alpha value is -1.86. The second-order valence-corrected chi connectivity index (χ2v) is 5.75. The second-order valence-electron chi connectivity index (χ2n) is 4.84. The van der Waals surface area contributed by atoms with Crippen LogP contribution >= 0.6 is 15.9 Å². The van der Waals surface area contributed by atoms with E-state index in [4.69, 9.17) is 0 Å². The molecule has 1 aromatic heterocycles. The molecule has 0 saturated carbocycles. The number of piperazine rings is 1. The normalized spacial score (nSPS) is 15.2. The van der Waals surface area contributed by atoms with Crippen LogP contribution in [0, 0.1) is 0 Å². The number of rotatable bonds is 2. The second kappa shape index (κ2) is 5.87. The van der Waals surface area contributed by atoms with Crippen molar-refractivity contribution >= 4 is 21.9 Å². The van der Waals surface area contributed by atoms with Gasteiger partial charge in [-0.3, -0.25) is 9.78 Å². The summed E-state index contributed by atoms with van der Waals surface area (Å²) in [5.74, 6) is 0.170. The highest BCUT2D eigenvalue weighted by molar-refractivity contribution is 9.10. The van der Waals surface area contributed by atoms with Crippen LogP contribution < -0.4 is 15.8 Å². The van der Waals surface area contributed by atoms with E-state index in [9.17, 15) is 9.90 Å². The van der Waals surface area contributed by atoms with Gasteiger partial charge in [-0.25, -0.2) is 0 Å². The number of hydrogen-bond acceptors (Lipinski definition) is 5. The Bertz CT molecular complexity index is 710. The molecular weight excluding hydrogens is 336 g/mol. The van der Waals surface area contributed by atoms with Crippen molar-refractivity contribution in [3.63, 3.8) is 0 Å². The maximum absolute atomic E-state index is 12.3. The van der Waals surface area contributed by atoms with Crippen molar-refractivity contribution < 1.29 is 5.11 Å². The number of aromatic amines is 1. The van der Waals surface area contributed by atoms with E-state index < -0.39 is 0 Å². The van der Waals surface area contributed by atoms with Gasteiger partial charge >= 0.3 is 0 Å². The molecule has 1 fully saturated rings. The zero-order valence-electron chi connectivity index (χ0n) is 11.3. The van der Waals surface area contributed by atoms with E-state index in [1.54, 1.807) is 12.1 Å². The number of benzene rings is 1. The zero-order valence-corrected chi connectivity index (χ0v) is 12.9. The van der Waals surface area contributed by atoms with Crippen LogP contribution in [0.15, 0.2) is 33.5 Å². The van der Waals surface area contributed by atoms with E-state index in [1.807, 2.05) is 17.0 Å². The molecule has 1 aromatic carbocycles. The maximum atomic E-state index is 12.3. The summed E-state index contributed by atoms with van der Waals surface area (Å²) in [4.78, 5) is 21.2. The van der Waals surface area contributed by atoms with Crippen LogP contribution in [-0.4, -0.2) is 41.3 Å². The summed E-state index contributed by atoms with van der Waals surface area (Å²) in [6.07, 6.45) is 0. The monoisotopic (exact) mass is 350 g/mol. The van der Waals surface area contributed by atoms with Gasteiger partial charge in [0.2, 0.25) is 11.8 Å². The number of H-pyrrole nitrogens is 1. The van der Waals surface area contributed by atoms with Gasteiger partial charge in [-0.05, 0) is 17.7 Å². The molecule has 0 atom stereocenters. The van der Waals surface area contributed by atoms with Crippen molar-refractivity contribution in [2.75, 3.05) is 31.1 Å². The molecule has 0 aliphatic carbocycles. The molecule has 1 aliphatic heterocycles. The van der Waals surface area contributed by atoms with Crippen molar-refractivity contribution in [1.82, 2.24) is 15.3 Å². The lowest BCUT2D eigenvalue weighted by molar-refractivity contribution is 0.451. The molecule has 1 saturated heterocycles. The number of hydrogen-bond donors (Lipinski definition) is 3. The summed E-state index contributed by atoms with van der Waals surface area (Å²) in [7, 11) is 0. The van der Waals surface area contributed by atoms with Crippen LogP contribution in [0.3, 0.4) is 0 Å². The Balaban J connectivity index is 2.02. The average molecular weight is 351 g/mol. The fourth-order valence-electron chi connectivity index (χ4n) is 2.38. The van der Waals surface area contributed by atoms with E-state index in [0.717, 1.165) is 30.7 Å². The van der Waals surface area contributed by atoms with Crippen LogP contribution in [-0.2, 0) is 0 Å². The van der Waals surface area contributed by atoms with Crippen LogP contribution in [0.2, 0.25) is 0 Å². The number of aromatic nitrogens is 2. The molecule has 21 heavy (non-hydrogen) atoms. The molecule has 0 unspecified atom stereocenters.